The molecule has 8 nitrogen and oxygen atoms in total. The van der Waals surface area contributed by atoms with Gasteiger partial charge >= 0.3 is 13.6 Å². The van der Waals surface area contributed by atoms with E-state index in [1.807, 2.05) is 4.72 Å². The predicted octanol–water partition coefficient (Wildman–Crippen LogP) is 2.31. The first-order chi connectivity index (χ1) is 12.5. The number of hydrogen-bond acceptors (Lipinski definition) is 4. The first kappa shape index (κ1) is 21.6. The van der Waals surface area contributed by atoms with Crippen LogP contribution in [0.5, 0.6) is 0 Å². The number of hydrogen-bond donors (Lipinski definition) is 4. The number of rotatable bonds is 8. The zero-order chi connectivity index (χ0) is 20.2. The van der Waals surface area contributed by atoms with Crippen molar-refractivity contribution in [1.29, 1.82) is 0 Å². The third-order valence-electron chi connectivity index (χ3n) is 3.65. The molecule has 0 saturated heterocycles. The van der Waals surface area contributed by atoms with Crippen LogP contribution in [0.15, 0.2) is 53.4 Å². The molecule has 1 unspecified atom stereocenters. The monoisotopic (exact) mass is 433 g/mol. The Morgan fingerprint density at radius 2 is 1.52 bits per heavy atom. The Bertz CT molecular complexity index is 955. The van der Waals surface area contributed by atoms with Gasteiger partial charge < -0.3 is 14.9 Å². The second-order valence-electron chi connectivity index (χ2n) is 5.72. The summed E-state index contributed by atoms with van der Waals surface area (Å²) in [7, 11) is -8.63. The second kappa shape index (κ2) is 8.52. The Balaban J connectivity index is 2.18. The molecule has 0 spiro atoms. The molecule has 2 rings (SSSR count). The highest BCUT2D eigenvalue weighted by Crippen LogP contribution is 2.35. The summed E-state index contributed by atoms with van der Waals surface area (Å²) < 4.78 is 37.6. The van der Waals surface area contributed by atoms with Gasteiger partial charge in [0.1, 0.15) is 6.04 Å². The lowest BCUT2D eigenvalue weighted by molar-refractivity contribution is -0.139. The van der Waals surface area contributed by atoms with Gasteiger partial charge in [-0.1, -0.05) is 35.9 Å². The van der Waals surface area contributed by atoms with Crippen molar-refractivity contribution in [3.05, 3.63) is 53.6 Å². The average Bonchev–Trinajstić information content (AvgIpc) is 2.58. The smallest absolute Gasteiger partial charge is 0.325 e. The van der Waals surface area contributed by atoms with Crippen molar-refractivity contribution in [3.63, 3.8) is 0 Å². The predicted molar refractivity (Wildman–Crippen MR) is 100 cm³/mol. The molecule has 0 saturated carbocycles. The third kappa shape index (κ3) is 6.42. The van der Waals surface area contributed by atoms with E-state index in [0.717, 1.165) is 11.1 Å². The largest absolute Gasteiger partial charge is 0.480 e. The molecule has 0 aliphatic rings. The minimum absolute atomic E-state index is 0.164. The van der Waals surface area contributed by atoms with Crippen molar-refractivity contribution in [1.82, 2.24) is 4.72 Å². The maximum Gasteiger partial charge on any atom is 0.325 e. The van der Waals surface area contributed by atoms with Gasteiger partial charge in [0.2, 0.25) is 10.0 Å². The topological polar surface area (TPSA) is 141 Å². The highest BCUT2D eigenvalue weighted by molar-refractivity contribution is 7.89. The number of sulfonamides is 1. The molecule has 0 radical (unpaired) electrons. The lowest BCUT2D eigenvalue weighted by Crippen LogP contribution is -2.41. The quantitative estimate of drug-likeness (QED) is 0.468. The molecule has 0 fully saturated rings. The van der Waals surface area contributed by atoms with Gasteiger partial charge in [0, 0.05) is 5.02 Å². The zero-order valence-corrected chi connectivity index (χ0v) is 16.3. The second-order valence-corrected chi connectivity index (χ2v) is 9.65. The van der Waals surface area contributed by atoms with Crippen molar-refractivity contribution in [2.45, 2.75) is 17.4 Å². The van der Waals surface area contributed by atoms with Crippen LogP contribution < -0.4 is 4.72 Å². The summed E-state index contributed by atoms with van der Waals surface area (Å²) in [5.41, 5.74) is 1.56. The SMILES string of the molecule is O=C(O)C(CCP(=O)(O)O)NS(=O)(=O)c1ccc(-c2ccc(Cl)cc2)cc1. The van der Waals surface area contributed by atoms with Crippen LogP contribution in [0.1, 0.15) is 6.42 Å². The van der Waals surface area contributed by atoms with Crippen molar-refractivity contribution in [3.8, 4) is 11.1 Å². The fraction of sp³-hybridized carbons (Fsp3) is 0.188. The lowest BCUT2D eigenvalue weighted by Gasteiger charge is -2.15. The summed E-state index contributed by atoms with van der Waals surface area (Å²) in [4.78, 5) is 28.7. The molecule has 0 aliphatic carbocycles. The van der Waals surface area contributed by atoms with Crippen LogP contribution in [-0.2, 0) is 19.4 Å². The molecule has 146 valence electrons. The number of carboxylic acids is 1. The van der Waals surface area contributed by atoms with Crippen molar-refractivity contribution < 1.29 is 32.7 Å². The number of nitrogens with one attached hydrogen (secondary N) is 1. The van der Waals surface area contributed by atoms with Crippen LogP contribution in [0, 0.1) is 0 Å². The lowest BCUT2D eigenvalue weighted by atomic mass is 10.1. The third-order valence-corrected chi connectivity index (χ3v) is 6.23. The van der Waals surface area contributed by atoms with Gasteiger partial charge in [-0.25, -0.2) is 8.42 Å². The molecular weight excluding hydrogens is 417 g/mol. The highest BCUT2D eigenvalue weighted by Gasteiger charge is 2.28. The molecule has 2 aromatic carbocycles. The summed E-state index contributed by atoms with van der Waals surface area (Å²) >= 11 is 5.83. The molecule has 2 aromatic rings. The van der Waals surface area contributed by atoms with Gasteiger partial charge in [-0.15, -0.1) is 0 Å². The minimum Gasteiger partial charge on any atom is -0.480 e. The molecule has 0 aliphatic heterocycles. The first-order valence-corrected chi connectivity index (χ1v) is 11.3. The number of aliphatic carboxylic acids is 1. The standard InChI is InChI=1S/C16H17ClNO7PS/c17-13-5-1-11(2-6-13)12-3-7-14(8-4-12)27(24,25)18-15(16(19)20)9-10-26(21,22)23/h1-8,15,18H,9-10H2,(H,19,20)(H2,21,22,23). The van der Waals surface area contributed by atoms with E-state index >= 15 is 0 Å². The van der Waals surface area contributed by atoms with Crippen molar-refractivity contribution in [2.75, 3.05) is 6.16 Å². The summed E-state index contributed by atoms with van der Waals surface area (Å²) in [5, 5.41) is 9.67. The van der Waals surface area contributed by atoms with Crippen LogP contribution in [-0.4, -0.2) is 41.5 Å². The van der Waals surface area contributed by atoms with Crippen LogP contribution in [0.3, 0.4) is 0 Å². The van der Waals surface area contributed by atoms with Gasteiger partial charge in [0.15, 0.2) is 0 Å². The molecule has 0 amide bonds. The Labute approximate surface area is 161 Å². The fourth-order valence-electron chi connectivity index (χ4n) is 2.25. The minimum atomic E-state index is -4.45. The zero-order valence-electron chi connectivity index (χ0n) is 13.8. The normalized spacial score (nSPS) is 13.3. The van der Waals surface area contributed by atoms with Crippen molar-refractivity contribution >= 4 is 35.2 Å². The van der Waals surface area contributed by atoms with Crippen LogP contribution >= 0.6 is 19.2 Å². The summed E-state index contributed by atoms with van der Waals surface area (Å²) in [6, 6.07) is 11.0. The van der Waals surface area contributed by atoms with Crippen LogP contribution in [0.4, 0.5) is 0 Å². The maximum absolute atomic E-state index is 12.4. The number of halogens is 1. The molecule has 0 aromatic heterocycles. The van der Waals surface area contributed by atoms with Gasteiger partial charge in [-0.2, -0.15) is 4.72 Å². The van der Waals surface area contributed by atoms with Gasteiger partial charge in [0.25, 0.3) is 0 Å². The number of carboxylic acid groups (broad SMARTS) is 1. The van der Waals surface area contributed by atoms with E-state index < -0.39 is 42.2 Å². The maximum atomic E-state index is 12.4. The van der Waals surface area contributed by atoms with E-state index in [-0.39, 0.29) is 4.90 Å². The summed E-state index contributed by atoms with van der Waals surface area (Å²) in [5.74, 6) is -1.52. The Morgan fingerprint density at radius 1 is 1.04 bits per heavy atom. The van der Waals surface area contributed by atoms with Crippen LogP contribution in [0.2, 0.25) is 5.02 Å². The van der Waals surface area contributed by atoms with Gasteiger partial charge in [-0.05, 0) is 41.8 Å². The fourth-order valence-corrected chi connectivity index (χ4v) is 4.20. The van der Waals surface area contributed by atoms with E-state index in [2.05, 4.69) is 0 Å². The Hall–Kier alpha value is -1.74. The molecule has 4 N–H and O–H groups in total. The van der Waals surface area contributed by atoms with E-state index in [4.69, 9.17) is 26.5 Å². The van der Waals surface area contributed by atoms with Crippen LogP contribution in [0.25, 0.3) is 11.1 Å². The molecule has 27 heavy (non-hydrogen) atoms. The van der Waals surface area contributed by atoms with E-state index in [1.165, 1.54) is 12.1 Å². The van der Waals surface area contributed by atoms with Crippen molar-refractivity contribution in [2.24, 2.45) is 0 Å². The molecule has 1 atom stereocenters. The highest BCUT2D eigenvalue weighted by atomic mass is 35.5. The van der Waals surface area contributed by atoms with E-state index in [1.54, 1.807) is 36.4 Å². The van der Waals surface area contributed by atoms with Gasteiger partial charge in [0.05, 0.1) is 11.1 Å². The molecule has 0 heterocycles. The molecule has 11 heteroatoms. The Morgan fingerprint density at radius 3 is 1.96 bits per heavy atom. The van der Waals surface area contributed by atoms with Gasteiger partial charge in [-0.3, -0.25) is 9.36 Å². The number of benzene rings is 2. The van der Waals surface area contributed by atoms with E-state index in [0.29, 0.717) is 5.02 Å². The Kier molecular flexibility index (Phi) is 6.80. The first-order valence-electron chi connectivity index (χ1n) is 7.64. The average molecular weight is 434 g/mol. The molecular formula is C16H17ClNO7PS. The summed E-state index contributed by atoms with van der Waals surface area (Å²) in [6.07, 6.45) is -1.29. The molecule has 0 bridgehead atoms. The number of carbonyl (C=O) groups is 1. The summed E-state index contributed by atoms with van der Waals surface area (Å²) in [6.45, 7) is 0. The van der Waals surface area contributed by atoms with E-state index in [9.17, 15) is 17.8 Å².